The van der Waals surface area contributed by atoms with E-state index in [1.165, 1.54) is 18.7 Å². The van der Waals surface area contributed by atoms with Crippen LogP contribution in [0.1, 0.15) is 18.6 Å². The van der Waals surface area contributed by atoms with Crippen molar-refractivity contribution in [2.75, 3.05) is 12.4 Å². The van der Waals surface area contributed by atoms with Gasteiger partial charge in [-0.2, -0.15) is 0 Å². The highest BCUT2D eigenvalue weighted by molar-refractivity contribution is 8.00. The average molecular weight is 434 g/mol. The Kier molecular flexibility index (Phi) is 6.40. The highest BCUT2D eigenvalue weighted by Crippen LogP contribution is 2.40. The van der Waals surface area contributed by atoms with E-state index in [4.69, 9.17) is 9.47 Å². The molecule has 2 N–H and O–H groups in total. The van der Waals surface area contributed by atoms with E-state index in [0.29, 0.717) is 11.1 Å². The lowest BCUT2D eigenvalue weighted by Crippen LogP contribution is -2.71. The molecule has 1 saturated heterocycles. The maximum absolute atomic E-state index is 12.7. The van der Waals surface area contributed by atoms with Gasteiger partial charge in [0.25, 0.3) is 18.3 Å². The molecule has 0 aromatic heterocycles. The summed E-state index contributed by atoms with van der Waals surface area (Å²) in [7, 11) is 0. The van der Waals surface area contributed by atoms with Crippen molar-refractivity contribution in [3.8, 4) is 0 Å². The number of β-lactam (4-membered cyclic amide) rings is 1. The summed E-state index contributed by atoms with van der Waals surface area (Å²) in [4.78, 5) is 59.9. The number of hydrogen-bond donors (Lipinski definition) is 2. The molecule has 0 spiro atoms. The van der Waals surface area contributed by atoms with Crippen molar-refractivity contribution in [1.29, 1.82) is 0 Å². The number of nitrogens with one attached hydrogen (secondary N) is 1. The zero-order valence-corrected chi connectivity index (χ0v) is 16.6. The Bertz CT molecular complexity index is 916. The average Bonchev–Trinajstić information content (AvgIpc) is 2.73. The van der Waals surface area contributed by atoms with Gasteiger partial charge in [-0.1, -0.05) is 30.3 Å². The number of carbonyl (C=O) groups is 5. The Labute approximate surface area is 175 Å². The fourth-order valence-electron chi connectivity index (χ4n) is 3.19. The molecule has 0 radical (unpaired) electrons. The number of aliphatic carboxylic acids is 1. The van der Waals surface area contributed by atoms with Crippen molar-refractivity contribution in [1.82, 2.24) is 10.2 Å². The molecule has 1 aromatic rings. The van der Waals surface area contributed by atoms with Crippen molar-refractivity contribution in [2.45, 2.75) is 24.4 Å². The summed E-state index contributed by atoms with van der Waals surface area (Å²) in [6.45, 7) is 1.11. The number of nitrogens with zero attached hydrogens (tertiary/aromatic N) is 1. The Balaban J connectivity index is 1.75. The van der Waals surface area contributed by atoms with Gasteiger partial charge >= 0.3 is 11.9 Å². The number of ether oxygens (including phenoxy) is 2. The van der Waals surface area contributed by atoms with Crippen molar-refractivity contribution in [3.63, 3.8) is 0 Å². The molecule has 1 aromatic carbocycles. The number of benzene rings is 1. The van der Waals surface area contributed by atoms with Crippen LogP contribution in [-0.2, 0) is 33.4 Å². The molecule has 1 fully saturated rings. The van der Waals surface area contributed by atoms with Crippen LogP contribution < -0.4 is 5.32 Å². The minimum atomic E-state index is -1.33. The van der Waals surface area contributed by atoms with Crippen LogP contribution >= 0.6 is 11.8 Å². The molecule has 2 amide bonds. The number of esters is 1. The number of carboxylic acid groups (broad SMARTS) is 1. The Hall–Kier alpha value is -3.34. The number of amides is 2. The third kappa shape index (κ3) is 4.15. The minimum absolute atomic E-state index is 0.147. The van der Waals surface area contributed by atoms with Gasteiger partial charge in [0.15, 0.2) is 0 Å². The molecular weight excluding hydrogens is 416 g/mol. The monoisotopic (exact) mass is 434 g/mol. The summed E-state index contributed by atoms with van der Waals surface area (Å²) in [5.74, 6) is -2.99. The molecule has 3 rings (SSSR count). The van der Waals surface area contributed by atoms with E-state index in [1.807, 2.05) is 0 Å². The maximum Gasteiger partial charge on any atom is 0.352 e. The first-order valence-corrected chi connectivity index (χ1v) is 9.87. The minimum Gasteiger partial charge on any atom is -0.477 e. The fraction of sp³-hybridized carbons (Fsp3) is 0.316. The predicted molar refractivity (Wildman–Crippen MR) is 103 cm³/mol. The number of carboxylic acids is 1. The zero-order chi connectivity index (χ0) is 21.8. The highest BCUT2D eigenvalue weighted by Gasteiger charge is 2.54. The SMILES string of the molecule is CC(=O)OCC1=C(C(=O)O)N2C(=O)C(NC(=O)C(OC=O)c3ccccc3)C2SC1. The molecule has 3 atom stereocenters. The number of fused-ring (bicyclic) bond motifs is 1. The lowest BCUT2D eigenvalue weighted by molar-refractivity contribution is -0.154. The first-order chi connectivity index (χ1) is 14.3. The fourth-order valence-corrected chi connectivity index (χ4v) is 4.51. The Morgan fingerprint density at radius 1 is 1.33 bits per heavy atom. The van der Waals surface area contributed by atoms with Crippen LogP contribution in [-0.4, -0.2) is 64.0 Å². The number of carbonyl (C=O) groups excluding carboxylic acids is 4. The van der Waals surface area contributed by atoms with Crippen molar-refractivity contribution in [2.24, 2.45) is 0 Å². The first kappa shape index (κ1) is 21.4. The van der Waals surface area contributed by atoms with Gasteiger partial charge in [-0.25, -0.2) is 4.79 Å². The number of hydrogen-bond acceptors (Lipinski definition) is 8. The summed E-state index contributed by atoms with van der Waals surface area (Å²) in [6.07, 6.45) is -1.24. The first-order valence-electron chi connectivity index (χ1n) is 8.83. The van der Waals surface area contributed by atoms with Gasteiger partial charge in [0.05, 0.1) is 0 Å². The Morgan fingerprint density at radius 3 is 2.63 bits per heavy atom. The van der Waals surface area contributed by atoms with E-state index in [9.17, 15) is 29.1 Å². The molecule has 2 aliphatic heterocycles. The lowest BCUT2D eigenvalue weighted by Gasteiger charge is -2.49. The summed E-state index contributed by atoms with van der Waals surface area (Å²) in [6, 6.07) is 7.30. The molecular formula is C19H18N2O8S. The van der Waals surface area contributed by atoms with Crippen LogP contribution in [0.5, 0.6) is 0 Å². The molecule has 30 heavy (non-hydrogen) atoms. The van der Waals surface area contributed by atoms with Crippen LogP contribution in [0.2, 0.25) is 0 Å². The summed E-state index contributed by atoms with van der Waals surface area (Å²) in [5.41, 5.74) is 0.472. The van der Waals surface area contributed by atoms with Crippen LogP contribution in [0.15, 0.2) is 41.6 Å². The normalized spacial score (nSPS) is 21.1. The molecule has 0 bridgehead atoms. The van der Waals surface area contributed by atoms with Gasteiger partial charge in [-0.15, -0.1) is 11.8 Å². The Morgan fingerprint density at radius 2 is 2.03 bits per heavy atom. The van der Waals surface area contributed by atoms with E-state index in [2.05, 4.69) is 5.32 Å². The summed E-state index contributed by atoms with van der Waals surface area (Å²) in [5, 5.41) is 11.4. The largest absolute Gasteiger partial charge is 0.477 e. The van der Waals surface area contributed by atoms with Crippen LogP contribution in [0.4, 0.5) is 0 Å². The van der Waals surface area contributed by atoms with Gasteiger partial charge in [-0.05, 0) is 0 Å². The van der Waals surface area contributed by atoms with E-state index in [1.54, 1.807) is 30.3 Å². The number of thioether (sulfide) groups is 1. The van der Waals surface area contributed by atoms with Crippen molar-refractivity contribution in [3.05, 3.63) is 47.2 Å². The molecule has 158 valence electrons. The van der Waals surface area contributed by atoms with Crippen molar-refractivity contribution < 1.29 is 38.6 Å². The zero-order valence-electron chi connectivity index (χ0n) is 15.8. The van der Waals surface area contributed by atoms with Crippen LogP contribution in [0.3, 0.4) is 0 Å². The topological polar surface area (TPSA) is 139 Å². The van der Waals surface area contributed by atoms with E-state index in [-0.39, 0.29) is 24.5 Å². The predicted octanol–water partition coefficient (Wildman–Crippen LogP) is 0.202. The number of rotatable bonds is 8. The summed E-state index contributed by atoms with van der Waals surface area (Å²) >= 11 is 1.24. The maximum atomic E-state index is 12.7. The third-order valence-corrected chi connectivity index (χ3v) is 5.87. The second-order valence-corrected chi connectivity index (χ2v) is 7.56. The molecule has 2 heterocycles. The van der Waals surface area contributed by atoms with Crippen LogP contribution in [0.25, 0.3) is 0 Å². The van der Waals surface area contributed by atoms with E-state index < -0.39 is 41.3 Å². The van der Waals surface area contributed by atoms with Crippen molar-refractivity contribution >= 4 is 42.0 Å². The smallest absolute Gasteiger partial charge is 0.352 e. The van der Waals surface area contributed by atoms with Crippen LogP contribution in [0, 0.1) is 0 Å². The van der Waals surface area contributed by atoms with Gasteiger partial charge in [0.1, 0.15) is 23.7 Å². The molecule has 0 aliphatic carbocycles. The van der Waals surface area contributed by atoms with E-state index >= 15 is 0 Å². The van der Waals surface area contributed by atoms with Gasteiger partial charge in [-0.3, -0.25) is 24.1 Å². The summed E-state index contributed by atoms with van der Waals surface area (Å²) < 4.78 is 9.76. The second kappa shape index (κ2) is 8.99. The molecule has 11 heteroatoms. The molecule has 3 unspecified atom stereocenters. The molecule has 10 nitrogen and oxygen atoms in total. The van der Waals surface area contributed by atoms with Gasteiger partial charge in [0, 0.05) is 23.8 Å². The van der Waals surface area contributed by atoms with Gasteiger partial charge < -0.3 is 19.9 Å². The highest BCUT2D eigenvalue weighted by atomic mass is 32.2. The van der Waals surface area contributed by atoms with Gasteiger partial charge in [0.2, 0.25) is 6.10 Å². The lowest BCUT2D eigenvalue weighted by atomic mass is 10.0. The molecule has 2 aliphatic rings. The van der Waals surface area contributed by atoms with E-state index in [0.717, 1.165) is 4.90 Å². The molecule has 0 saturated carbocycles. The second-order valence-electron chi connectivity index (χ2n) is 6.46. The standard InChI is InChI=1S/C19H18N2O8S/c1-10(23)28-7-12-8-30-18-13(17(25)21(18)14(12)19(26)27)20-16(24)15(29-9-22)11-5-3-2-4-6-11/h2-6,9,13,15,18H,7-8H2,1H3,(H,20,24)(H,26,27). The quantitative estimate of drug-likeness (QED) is 0.334. The third-order valence-electron chi connectivity index (χ3n) is 4.53.